The van der Waals surface area contributed by atoms with Crippen LogP contribution in [0.2, 0.25) is 0 Å². The molecule has 0 aromatic heterocycles. The van der Waals surface area contributed by atoms with Crippen LogP contribution in [0.1, 0.15) is 42.7 Å². The van der Waals surface area contributed by atoms with Gasteiger partial charge >= 0.3 is 0 Å². The Bertz CT molecular complexity index is 1070. The quantitative estimate of drug-likeness (QED) is 0.511. The van der Waals surface area contributed by atoms with E-state index in [9.17, 15) is 8.78 Å². The van der Waals surface area contributed by atoms with Crippen molar-refractivity contribution in [2.45, 2.75) is 26.1 Å². The maximum atomic E-state index is 14.5. The van der Waals surface area contributed by atoms with Gasteiger partial charge in [-0.1, -0.05) is 43.4 Å². The fourth-order valence-corrected chi connectivity index (χ4v) is 3.52. The Morgan fingerprint density at radius 1 is 0.897 bits per heavy atom. The number of ether oxygens (including phenoxy) is 2. The summed E-state index contributed by atoms with van der Waals surface area (Å²) in [4.78, 5) is 0. The highest BCUT2D eigenvalue weighted by atomic mass is 19.1. The van der Waals surface area contributed by atoms with Crippen molar-refractivity contribution in [3.05, 3.63) is 82.9 Å². The van der Waals surface area contributed by atoms with Crippen molar-refractivity contribution in [2.75, 3.05) is 13.2 Å². The SMILES string of the molecule is CCCC1COC(c2ccc(C#Cc3ccc4cc(F)ccc4c3)c(F)c2)OC1. The van der Waals surface area contributed by atoms with Gasteiger partial charge in [-0.2, -0.15) is 0 Å². The number of hydrogen-bond acceptors (Lipinski definition) is 2. The van der Waals surface area contributed by atoms with Crippen LogP contribution in [0.5, 0.6) is 0 Å². The van der Waals surface area contributed by atoms with E-state index in [0.717, 1.165) is 29.2 Å². The predicted octanol–water partition coefficient (Wildman–Crippen LogP) is 5.98. The van der Waals surface area contributed by atoms with Crippen LogP contribution in [0.25, 0.3) is 10.8 Å². The molecule has 1 aliphatic rings. The second-order valence-corrected chi connectivity index (χ2v) is 7.35. The normalized spacial score (nSPS) is 19.0. The Morgan fingerprint density at radius 3 is 2.41 bits per heavy atom. The zero-order valence-corrected chi connectivity index (χ0v) is 16.3. The van der Waals surface area contributed by atoms with Gasteiger partial charge in [0.25, 0.3) is 0 Å². The first-order chi connectivity index (χ1) is 14.1. The molecule has 0 atom stereocenters. The van der Waals surface area contributed by atoms with Crippen molar-refractivity contribution in [2.24, 2.45) is 5.92 Å². The molecule has 0 aliphatic carbocycles. The van der Waals surface area contributed by atoms with Crippen molar-refractivity contribution in [3.63, 3.8) is 0 Å². The van der Waals surface area contributed by atoms with Crippen LogP contribution >= 0.6 is 0 Å². The molecule has 0 amide bonds. The van der Waals surface area contributed by atoms with Gasteiger partial charge in [0.2, 0.25) is 0 Å². The molecule has 0 spiro atoms. The minimum absolute atomic E-state index is 0.273. The molecule has 0 saturated carbocycles. The fourth-order valence-electron chi connectivity index (χ4n) is 3.52. The number of fused-ring (bicyclic) bond motifs is 1. The Balaban J connectivity index is 1.49. The predicted molar refractivity (Wildman–Crippen MR) is 109 cm³/mol. The van der Waals surface area contributed by atoms with Crippen LogP contribution in [-0.2, 0) is 9.47 Å². The zero-order valence-electron chi connectivity index (χ0n) is 16.3. The average molecular weight is 392 g/mol. The Morgan fingerprint density at radius 2 is 1.66 bits per heavy atom. The van der Waals surface area contributed by atoms with Crippen LogP contribution < -0.4 is 0 Å². The maximum Gasteiger partial charge on any atom is 0.183 e. The summed E-state index contributed by atoms with van der Waals surface area (Å²) in [6.07, 6.45) is 1.64. The van der Waals surface area contributed by atoms with E-state index in [1.165, 1.54) is 18.2 Å². The summed E-state index contributed by atoms with van der Waals surface area (Å²) in [7, 11) is 0. The third-order valence-electron chi connectivity index (χ3n) is 5.07. The lowest BCUT2D eigenvalue weighted by Gasteiger charge is -2.29. The smallest absolute Gasteiger partial charge is 0.183 e. The zero-order chi connectivity index (χ0) is 20.2. The third-order valence-corrected chi connectivity index (χ3v) is 5.07. The van der Waals surface area contributed by atoms with E-state index in [1.54, 1.807) is 24.3 Å². The number of rotatable bonds is 3. The molecule has 1 saturated heterocycles. The minimum Gasteiger partial charge on any atom is -0.348 e. The summed E-state index contributed by atoms with van der Waals surface area (Å²) in [5, 5.41) is 1.70. The Kier molecular flexibility index (Phi) is 5.89. The van der Waals surface area contributed by atoms with Gasteiger partial charge in [0.1, 0.15) is 11.6 Å². The monoisotopic (exact) mass is 392 g/mol. The topological polar surface area (TPSA) is 18.5 Å². The van der Waals surface area contributed by atoms with Crippen molar-refractivity contribution in [1.29, 1.82) is 0 Å². The van der Waals surface area contributed by atoms with E-state index < -0.39 is 12.1 Å². The molecule has 3 aromatic carbocycles. The molecule has 0 radical (unpaired) electrons. The fraction of sp³-hybridized carbons (Fsp3) is 0.280. The van der Waals surface area contributed by atoms with Crippen molar-refractivity contribution < 1.29 is 18.3 Å². The van der Waals surface area contributed by atoms with Crippen LogP contribution in [0, 0.1) is 29.4 Å². The van der Waals surface area contributed by atoms with Gasteiger partial charge < -0.3 is 9.47 Å². The molecular weight excluding hydrogens is 370 g/mol. The summed E-state index contributed by atoms with van der Waals surface area (Å²) in [6, 6.07) is 15.0. The highest BCUT2D eigenvalue weighted by Gasteiger charge is 2.23. The Labute approximate surface area is 169 Å². The van der Waals surface area contributed by atoms with E-state index in [1.807, 2.05) is 12.1 Å². The second kappa shape index (κ2) is 8.73. The molecule has 3 aromatic rings. The largest absolute Gasteiger partial charge is 0.348 e. The molecular formula is C25H22F2O2. The van der Waals surface area contributed by atoms with Gasteiger partial charge in [-0.15, -0.1) is 0 Å². The third kappa shape index (κ3) is 4.64. The van der Waals surface area contributed by atoms with Gasteiger partial charge in [-0.3, -0.25) is 0 Å². The first-order valence-corrected chi connectivity index (χ1v) is 9.86. The summed E-state index contributed by atoms with van der Waals surface area (Å²) in [5.74, 6) is 5.59. The molecule has 0 bridgehead atoms. The number of hydrogen-bond donors (Lipinski definition) is 0. The van der Waals surface area contributed by atoms with Crippen molar-refractivity contribution in [1.82, 2.24) is 0 Å². The molecule has 0 N–H and O–H groups in total. The van der Waals surface area contributed by atoms with E-state index in [2.05, 4.69) is 18.8 Å². The number of halogens is 2. The summed E-state index contributed by atoms with van der Waals surface area (Å²) >= 11 is 0. The molecule has 2 nitrogen and oxygen atoms in total. The number of benzene rings is 3. The maximum absolute atomic E-state index is 14.5. The molecule has 1 aliphatic heterocycles. The van der Waals surface area contributed by atoms with Crippen LogP contribution in [0.4, 0.5) is 8.78 Å². The van der Waals surface area contributed by atoms with Gasteiger partial charge in [-0.05, 0) is 53.6 Å². The van der Waals surface area contributed by atoms with E-state index in [4.69, 9.17) is 9.47 Å². The molecule has 0 unspecified atom stereocenters. The first kappa shape index (κ1) is 19.6. The molecule has 1 fully saturated rings. The standard InChI is InChI=1S/C25H22F2O2/c1-2-3-18-15-28-25(29-16-18)22-9-8-19(24(27)14-22)6-4-17-5-7-21-13-23(26)11-10-20(21)12-17/h5,7-14,18,25H,2-3,15-16H2,1H3. The molecule has 148 valence electrons. The van der Waals surface area contributed by atoms with Crippen LogP contribution in [0.3, 0.4) is 0 Å². The van der Waals surface area contributed by atoms with Gasteiger partial charge in [-0.25, -0.2) is 8.78 Å². The summed E-state index contributed by atoms with van der Waals surface area (Å²) in [6.45, 7) is 3.40. The highest BCUT2D eigenvalue weighted by molar-refractivity contribution is 5.83. The van der Waals surface area contributed by atoms with E-state index in [-0.39, 0.29) is 5.82 Å². The minimum atomic E-state index is -0.527. The van der Waals surface area contributed by atoms with Crippen LogP contribution in [-0.4, -0.2) is 13.2 Å². The van der Waals surface area contributed by atoms with E-state index in [0.29, 0.717) is 30.3 Å². The van der Waals surface area contributed by atoms with E-state index >= 15 is 0 Å². The van der Waals surface area contributed by atoms with Gasteiger partial charge in [0.15, 0.2) is 6.29 Å². The summed E-state index contributed by atoms with van der Waals surface area (Å²) < 4.78 is 39.3. The lowest BCUT2D eigenvalue weighted by Crippen LogP contribution is -2.27. The first-order valence-electron chi connectivity index (χ1n) is 9.86. The molecule has 4 heteroatoms. The molecule has 29 heavy (non-hydrogen) atoms. The highest BCUT2D eigenvalue weighted by Crippen LogP contribution is 2.28. The lowest BCUT2D eigenvalue weighted by molar-refractivity contribution is -0.206. The van der Waals surface area contributed by atoms with Gasteiger partial charge in [0, 0.05) is 17.0 Å². The molecule has 4 rings (SSSR count). The van der Waals surface area contributed by atoms with Gasteiger partial charge in [0.05, 0.1) is 18.8 Å². The van der Waals surface area contributed by atoms with Crippen molar-refractivity contribution >= 4 is 10.8 Å². The van der Waals surface area contributed by atoms with Crippen molar-refractivity contribution in [3.8, 4) is 11.8 Å². The lowest BCUT2D eigenvalue weighted by atomic mass is 10.0. The molecule has 1 heterocycles. The van der Waals surface area contributed by atoms with Crippen LogP contribution in [0.15, 0.2) is 54.6 Å². The summed E-state index contributed by atoms with van der Waals surface area (Å²) in [5.41, 5.74) is 1.72. The second-order valence-electron chi connectivity index (χ2n) is 7.35. The Hall–Kier alpha value is -2.74. The average Bonchev–Trinajstić information content (AvgIpc) is 2.73.